The monoisotopic (exact) mass is 269 g/mol. The number of carbonyl (C=O) groups is 1. The van der Waals surface area contributed by atoms with E-state index in [1.54, 1.807) is 12.1 Å². The van der Waals surface area contributed by atoms with Crippen LogP contribution in [0.25, 0.3) is 0 Å². The maximum absolute atomic E-state index is 11.5. The Labute approximate surface area is 113 Å². The van der Waals surface area contributed by atoms with E-state index in [0.29, 0.717) is 10.8 Å². The Balaban J connectivity index is 2.29. The number of nitrogens with one attached hydrogen (secondary N) is 1. The van der Waals surface area contributed by atoms with Crippen molar-refractivity contribution in [2.45, 2.75) is 33.1 Å². The van der Waals surface area contributed by atoms with Crippen LogP contribution in [-0.2, 0) is 4.79 Å². The van der Waals surface area contributed by atoms with E-state index in [4.69, 9.17) is 16.3 Å². The highest BCUT2D eigenvalue weighted by atomic mass is 35.5. The first-order chi connectivity index (χ1) is 8.63. The Kier molecular flexibility index (Phi) is 6.58. The van der Waals surface area contributed by atoms with E-state index >= 15 is 0 Å². The van der Waals surface area contributed by atoms with Gasteiger partial charge in [-0.15, -0.1) is 0 Å². The number of aryl methyl sites for hydroxylation is 1. The molecule has 4 heteroatoms. The number of ether oxygens (including phenoxy) is 1. The van der Waals surface area contributed by atoms with E-state index in [2.05, 4.69) is 12.2 Å². The zero-order chi connectivity index (χ0) is 13.4. The minimum absolute atomic E-state index is 0.0502. The average Bonchev–Trinajstić information content (AvgIpc) is 2.33. The summed E-state index contributed by atoms with van der Waals surface area (Å²) >= 11 is 5.84. The number of unbranched alkanes of at least 4 members (excludes halogenated alkanes) is 2. The van der Waals surface area contributed by atoms with Crippen LogP contribution >= 0.6 is 11.6 Å². The topological polar surface area (TPSA) is 38.3 Å². The minimum Gasteiger partial charge on any atom is -0.484 e. The molecule has 100 valence electrons. The van der Waals surface area contributed by atoms with Crippen molar-refractivity contribution in [1.82, 2.24) is 5.32 Å². The fraction of sp³-hybridized carbons (Fsp3) is 0.500. The lowest BCUT2D eigenvalue weighted by atomic mass is 10.2. The smallest absolute Gasteiger partial charge is 0.257 e. The first-order valence-corrected chi connectivity index (χ1v) is 6.67. The van der Waals surface area contributed by atoms with Crippen LogP contribution in [0.5, 0.6) is 5.75 Å². The van der Waals surface area contributed by atoms with Crippen LogP contribution in [0.1, 0.15) is 31.7 Å². The van der Waals surface area contributed by atoms with Gasteiger partial charge in [-0.2, -0.15) is 0 Å². The van der Waals surface area contributed by atoms with Gasteiger partial charge in [-0.25, -0.2) is 0 Å². The van der Waals surface area contributed by atoms with Gasteiger partial charge in [0.25, 0.3) is 5.91 Å². The maximum Gasteiger partial charge on any atom is 0.257 e. The van der Waals surface area contributed by atoms with Gasteiger partial charge in [0, 0.05) is 11.6 Å². The number of hydrogen-bond donors (Lipinski definition) is 1. The van der Waals surface area contributed by atoms with Gasteiger partial charge >= 0.3 is 0 Å². The molecule has 0 unspecified atom stereocenters. The van der Waals surface area contributed by atoms with Crippen molar-refractivity contribution in [3.63, 3.8) is 0 Å². The van der Waals surface area contributed by atoms with Gasteiger partial charge in [0.1, 0.15) is 5.75 Å². The third-order valence-corrected chi connectivity index (χ3v) is 2.83. The molecule has 0 saturated carbocycles. The Hall–Kier alpha value is -1.22. The van der Waals surface area contributed by atoms with E-state index < -0.39 is 0 Å². The number of rotatable bonds is 7. The van der Waals surface area contributed by atoms with Gasteiger partial charge in [-0.1, -0.05) is 31.4 Å². The molecular formula is C14H20ClNO2. The fourth-order valence-electron chi connectivity index (χ4n) is 1.57. The summed E-state index contributed by atoms with van der Waals surface area (Å²) in [5.41, 5.74) is 0.932. The molecule has 3 nitrogen and oxygen atoms in total. The van der Waals surface area contributed by atoms with E-state index in [0.717, 1.165) is 31.4 Å². The predicted octanol–water partition coefficient (Wildman–Crippen LogP) is 3.33. The molecule has 0 saturated heterocycles. The first kappa shape index (κ1) is 14.8. The largest absolute Gasteiger partial charge is 0.484 e. The van der Waals surface area contributed by atoms with Gasteiger partial charge in [0.2, 0.25) is 0 Å². The van der Waals surface area contributed by atoms with Crippen molar-refractivity contribution in [2.75, 3.05) is 13.2 Å². The zero-order valence-corrected chi connectivity index (χ0v) is 11.7. The molecule has 0 aromatic heterocycles. The van der Waals surface area contributed by atoms with Crippen LogP contribution in [0, 0.1) is 6.92 Å². The second-order valence-corrected chi connectivity index (χ2v) is 4.69. The summed E-state index contributed by atoms with van der Waals surface area (Å²) in [5, 5.41) is 3.50. The van der Waals surface area contributed by atoms with E-state index in [1.165, 1.54) is 0 Å². The molecule has 18 heavy (non-hydrogen) atoms. The van der Waals surface area contributed by atoms with Crippen LogP contribution in [0.3, 0.4) is 0 Å². The predicted molar refractivity (Wildman–Crippen MR) is 74.2 cm³/mol. The lowest BCUT2D eigenvalue weighted by Gasteiger charge is -2.09. The fourth-order valence-corrected chi connectivity index (χ4v) is 1.80. The van der Waals surface area contributed by atoms with Crippen molar-refractivity contribution < 1.29 is 9.53 Å². The second kappa shape index (κ2) is 7.98. The third-order valence-electron chi connectivity index (χ3n) is 2.60. The normalized spacial score (nSPS) is 10.2. The molecule has 0 aliphatic carbocycles. The Bertz CT molecular complexity index is 393. The molecule has 1 rings (SSSR count). The summed E-state index contributed by atoms with van der Waals surface area (Å²) in [6.45, 7) is 4.80. The molecule has 0 aliphatic heterocycles. The van der Waals surface area contributed by atoms with Crippen molar-refractivity contribution in [2.24, 2.45) is 0 Å². The van der Waals surface area contributed by atoms with Crippen molar-refractivity contribution >= 4 is 17.5 Å². The van der Waals surface area contributed by atoms with E-state index in [1.807, 2.05) is 13.0 Å². The van der Waals surface area contributed by atoms with Crippen molar-refractivity contribution in [1.29, 1.82) is 0 Å². The zero-order valence-electron chi connectivity index (χ0n) is 11.0. The van der Waals surface area contributed by atoms with Crippen molar-refractivity contribution in [3.8, 4) is 5.75 Å². The summed E-state index contributed by atoms with van der Waals surface area (Å²) in [6.07, 6.45) is 3.30. The summed E-state index contributed by atoms with van der Waals surface area (Å²) in [5.74, 6) is 0.614. The highest BCUT2D eigenvalue weighted by Crippen LogP contribution is 2.21. The molecule has 1 aromatic rings. The molecule has 0 aliphatic rings. The second-order valence-electron chi connectivity index (χ2n) is 4.26. The van der Waals surface area contributed by atoms with Crippen LogP contribution in [0.4, 0.5) is 0 Å². The van der Waals surface area contributed by atoms with E-state index in [9.17, 15) is 4.79 Å². The lowest BCUT2D eigenvalue weighted by Crippen LogP contribution is -2.29. The number of halogens is 1. The van der Waals surface area contributed by atoms with Crippen molar-refractivity contribution in [3.05, 3.63) is 28.8 Å². The van der Waals surface area contributed by atoms with Crippen LogP contribution in [0.2, 0.25) is 5.02 Å². The quantitative estimate of drug-likeness (QED) is 0.771. The molecule has 0 radical (unpaired) electrons. The summed E-state index contributed by atoms with van der Waals surface area (Å²) < 4.78 is 5.44. The molecule has 1 N–H and O–H groups in total. The Morgan fingerprint density at radius 2 is 2.17 bits per heavy atom. The molecule has 0 fully saturated rings. The minimum atomic E-state index is -0.0829. The molecule has 0 bridgehead atoms. The van der Waals surface area contributed by atoms with Crippen LogP contribution in [0.15, 0.2) is 18.2 Å². The molecule has 1 aromatic carbocycles. The molecule has 1 amide bonds. The highest BCUT2D eigenvalue weighted by Gasteiger charge is 2.04. The number of amides is 1. The van der Waals surface area contributed by atoms with Gasteiger partial charge < -0.3 is 10.1 Å². The molecular weight excluding hydrogens is 250 g/mol. The number of carbonyl (C=O) groups excluding carboxylic acids is 1. The first-order valence-electron chi connectivity index (χ1n) is 6.29. The highest BCUT2D eigenvalue weighted by molar-refractivity contribution is 6.30. The van der Waals surface area contributed by atoms with E-state index in [-0.39, 0.29) is 12.5 Å². The lowest BCUT2D eigenvalue weighted by molar-refractivity contribution is -0.123. The number of hydrogen-bond acceptors (Lipinski definition) is 2. The van der Waals surface area contributed by atoms with Gasteiger partial charge in [0.15, 0.2) is 6.61 Å². The van der Waals surface area contributed by atoms with Crippen LogP contribution < -0.4 is 10.1 Å². The SMILES string of the molecule is CCCCCNC(=O)COc1ccc(Cl)cc1C. The number of benzene rings is 1. The summed E-state index contributed by atoms with van der Waals surface area (Å²) in [4.78, 5) is 11.5. The molecule has 0 spiro atoms. The summed E-state index contributed by atoms with van der Waals surface area (Å²) in [6, 6.07) is 5.35. The van der Waals surface area contributed by atoms with Gasteiger partial charge in [0.05, 0.1) is 0 Å². The summed E-state index contributed by atoms with van der Waals surface area (Å²) in [7, 11) is 0. The maximum atomic E-state index is 11.5. The Morgan fingerprint density at radius 1 is 1.39 bits per heavy atom. The third kappa shape index (κ3) is 5.41. The molecule has 0 atom stereocenters. The average molecular weight is 270 g/mol. The standard InChI is InChI=1S/C14H20ClNO2/c1-3-4-5-8-16-14(17)10-18-13-7-6-12(15)9-11(13)2/h6-7,9H,3-5,8,10H2,1-2H3,(H,16,17). The molecule has 0 heterocycles. The Morgan fingerprint density at radius 3 is 2.83 bits per heavy atom. The van der Waals surface area contributed by atoms with Gasteiger partial charge in [-0.3, -0.25) is 4.79 Å². The van der Waals surface area contributed by atoms with Gasteiger partial charge in [-0.05, 0) is 37.1 Å². The van der Waals surface area contributed by atoms with Crippen LogP contribution in [-0.4, -0.2) is 19.1 Å².